The summed E-state index contributed by atoms with van der Waals surface area (Å²) in [6, 6.07) is 10.2. The van der Waals surface area contributed by atoms with Gasteiger partial charge in [-0.15, -0.1) is 0 Å². The van der Waals surface area contributed by atoms with E-state index in [1.165, 1.54) is 0 Å². The average Bonchev–Trinajstić information content (AvgIpc) is 2.91. The second-order valence-corrected chi connectivity index (χ2v) is 5.06. The van der Waals surface area contributed by atoms with Crippen molar-refractivity contribution in [3.8, 4) is 11.8 Å². The van der Waals surface area contributed by atoms with Crippen LogP contribution < -0.4 is 15.8 Å². The summed E-state index contributed by atoms with van der Waals surface area (Å²) in [4.78, 5) is 4.09. The number of pyridine rings is 1. The molecule has 0 spiro atoms. The van der Waals surface area contributed by atoms with Gasteiger partial charge in [-0.3, -0.25) is 0 Å². The van der Waals surface area contributed by atoms with Crippen LogP contribution in [-0.4, -0.2) is 12.1 Å². The number of fused-ring (bicyclic) bond motifs is 1. The van der Waals surface area contributed by atoms with Crippen LogP contribution in [-0.2, 0) is 13.0 Å². The SMILES string of the molecule is COc1cccc(CC2NCc3cnc(N)c(C#N)c32)c1. The van der Waals surface area contributed by atoms with Gasteiger partial charge in [0.15, 0.2) is 0 Å². The van der Waals surface area contributed by atoms with Gasteiger partial charge in [-0.2, -0.15) is 5.26 Å². The van der Waals surface area contributed by atoms with Crippen molar-refractivity contribution in [2.45, 2.75) is 19.0 Å². The molecule has 5 nitrogen and oxygen atoms in total. The quantitative estimate of drug-likeness (QED) is 0.897. The molecule has 0 amide bonds. The van der Waals surface area contributed by atoms with Crippen LogP contribution >= 0.6 is 0 Å². The molecule has 2 heterocycles. The number of anilines is 1. The Balaban J connectivity index is 1.94. The van der Waals surface area contributed by atoms with Crippen molar-refractivity contribution in [3.05, 3.63) is 52.7 Å². The van der Waals surface area contributed by atoms with Crippen LogP contribution in [0.15, 0.2) is 30.5 Å². The highest BCUT2D eigenvalue weighted by Gasteiger charge is 2.27. The lowest BCUT2D eigenvalue weighted by atomic mass is 9.95. The van der Waals surface area contributed by atoms with Gasteiger partial charge >= 0.3 is 0 Å². The molecule has 0 radical (unpaired) electrons. The standard InChI is InChI=1S/C16H16N4O/c1-21-12-4-2-3-10(5-12)6-14-15-11(8-19-14)9-20-16(18)13(15)7-17/h2-5,9,14,19H,6,8H2,1H3,(H2,18,20). The number of hydrogen-bond donors (Lipinski definition) is 2. The molecule has 1 atom stereocenters. The zero-order valence-electron chi connectivity index (χ0n) is 11.8. The zero-order valence-corrected chi connectivity index (χ0v) is 11.8. The largest absolute Gasteiger partial charge is 0.497 e. The maximum Gasteiger partial charge on any atom is 0.141 e. The zero-order chi connectivity index (χ0) is 14.8. The molecular formula is C16H16N4O. The summed E-state index contributed by atoms with van der Waals surface area (Å²) in [5, 5.41) is 12.8. The van der Waals surface area contributed by atoms with Gasteiger partial charge in [0.05, 0.1) is 12.7 Å². The Morgan fingerprint density at radius 2 is 2.38 bits per heavy atom. The minimum Gasteiger partial charge on any atom is -0.497 e. The normalized spacial score (nSPS) is 16.3. The molecule has 1 unspecified atom stereocenters. The summed E-state index contributed by atoms with van der Waals surface area (Å²) in [6.07, 6.45) is 2.53. The third-order valence-electron chi connectivity index (χ3n) is 3.80. The van der Waals surface area contributed by atoms with Crippen LogP contribution in [0.25, 0.3) is 0 Å². The first kappa shape index (κ1) is 13.4. The summed E-state index contributed by atoms with van der Waals surface area (Å²) in [5.41, 5.74) is 9.50. The first-order valence-corrected chi connectivity index (χ1v) is 6.76. The Hall–Kier alpha value is -2.58. The molecule has 106 valence electrons. The van der Waals surface area contributed by atoms with Gasteiger partial charge in [-0.05, 0) is 35.2 Å². The van der Waals surface area contributed by atoms with Gasteiger partial charge in [0.1, 0.15) is 17.6 Å². The maximum absolute atomic E-state index is 9.33. The van der Waals surface area contributed by atoms with Crippen molar-refractivity contribution in [2.75, 3.05) is 12.8 Å². The molecule has 2 aromatic rings. The van der Waals surface area contributed by atoms with Crippen LogP contribution in [0.5, 0.6) is 5.75 Å². The number of methoxy groups -OCH3 is 1. The van der Waals surface area contributed by atoms with Gasteiger partial charge in [-0.1, -0.05) is 12.1 Å². The Labute approximate surface area is 123 Å². The molecule has 0 saturated carbocycles. The predicted molar refractivity (Wildman–Crippen MR) is 79.6 cm³/mol. The molecule has 3 rings (SSSR count). The third kappa shape index (κ3) is 2.41. The van der Waals surface area contributed by atoms with E-state index in [1.807, 2.05) is 18.2 Å². The molecule has 1 aliphatic heterocycles. The topological polar surface area (TPSA) is 84.0 Å². The Bertz CT molecular complexity index is 721. The van der Waals surface area contributed by atoms with Gasteiger partial charge in [-0.25, -0.2) is 4.98 Å². The number of benzene rings is 1. The number of aromatic nitrogens is 1. The number of rotatable bonds is 3. The van der Waals surface area contributed by atoms with Gasteiger partial charge < -0.3 is 15.8 Å². The molecule has 0 saturated heterocycles. The van der Waals surface area contributed by atoms with Crippen LogP contribution in [0.4, 0.5) is 5.82 Å². The van der Waals surface area contributed by atoms with E-state index in [2.05, 4.69) is 22.4 Å². The van der Waals surface area contributed by atoms with Crippen LogP contribution in [0.3, 0.4) is 0 Å². The second-order valence-electron chi connectivity index (χ2n) is 5.06. The molecule has 0 aliphatic carbocycles. The fourth-order valence-electron chi connectivity index (χ4n) is 2.78. The van der Waals surface area contributed by atoms with Crippen molar-refractivity contribution in [2.24, 2.45) is 0 Å². The van der Waals surface area contributed by atoms with E-state index in [1.54, 1.807) is 13.3 Å². The lowest BCUT2D eigenvalue weighted by Gasteiger charge is -2.14. The molecule has 1 aliphatic rings. The van der Waals surface area contributed by atoms with E-state index >= 15 is 0 Å². The number of nitrogen functional groups attached to an aromatic ring is 1. The minimum absolute atomic E-state index is 0.0760. The van der Waals surface area contributed by atoms with Crippen LogP contribution in [0, 0.1) is 11.3 Å². The van der Waals surface area contributed by atoms with Crippen molar-refractivity contribution in [1.29, 1.82) is 5.26 Å². The van der Waals surface area contributed by atoms with Crippen molar-refractivity contribution >= 4 is 5.82 Å². The van der Waals surface area contributed by atoms with E-state index in [0.717, 1.165) is 28.9 Å². The van der Waals surface area contributed by atoms with Gasteiger partial charge in [0.2, 0.25) is 0 Å². The minimum atomic E-state index is 0.0760. The maximum atomic E-state index is 9.33. The number of nitrogens with one attached hydrogen (secondary N) is 1. The molecule has 1 aromatic heterocycles. The van der Waals surface area contributed by atoms with Crippen molar-refractivity contribution < 1.29 is 4.74 Å². The lowest BCUT2D eigenvalue weighted by Crippen LogP contribution is -2.15. The van der Waals surface area contributed by atoms with Gasteiger partial charge in [0, 0.05) is 18.8 Å². The number of hydrogen-bond acceptors (Lipinski definition) is 5. The third-order valence-corrected chi connectivity index (χ3v) is 3.80. The summed E-state index contributed by atoms with van der Waals surface area (Å²) in [7, 11) is 1.66. The van der Waals surface area contributed by atoms with E-state index in [0.29, 0.717) is 17.9 Å². The first-order valence-electron chi connectivity index (χ1n) is 6.76. The van der Waals surface area contributed by atoms with Crippen LogP contribution in [0.2, 0.25) is 0 Å². The van der Waals surface area contributed by atoms with Gasteiger partial charge in [0.25, 0.3) is 0 Å². The molecule has 0 fully saturated rings. The predicted octanol–water partition coefficient (Wildman–Crippen LogP) is 1.93. The van der Waals surface area contributed by atoms with E-state index in [4.69, 9.17) is 10.5 Å². The highest BCUT2D eigenvalue weighted by atomic mass is 16.5. The van der Waals surface area contributed by atoms with E-state index < -0.39 is 0 Å². The lowest BCUT2D eigenvalue weighted by molar-refractivity contribution is 0.414. The second kappa shape index (κ2) is 5.43. The van der Waals surface area contributed by atoms with E-state index in [-0.39, 0.29) is 6.04 Å². The summed E-state index contributed by atoms with van der Waals surface area (Å²) in [5.74, 6) is 1.14. The number of nitrogens with zero attached hydrogens (tertiary/aromatic N) is 2. The van der Waals surface area contributed by atoms with Crippen molar-refractivity contribution in [3.63, 3.8) is 0 Å². The summed E-state index contributed by atoms with van der Waals surface area (Å²) >= 11 is 0. The number of ether oxygens (including phenoxy) is 1. The molecule has 5 heteroatoms. The molecular weight excluding hydrogens is 264 g/mol. The van der Waals surface area contributed by atoms with Crippen molar-refractivity contribution in [1.82, 2.24) is 10.3 Å². The molecule has 21 heavy (non-hydrogen) atoms. The average molecular weight is 280 g/mol. The smallest absolute Gasteiger partial charge is 0.141 e. The molecule has 1 aromatic carbocycles. The van der Waals surface area contributed by atoms with E-state index in [9.17, 15) is 5.26 Å². The number of nitriles is 1. The highest BCUT2D eigenvalue weighted by molar-refractivity contribution is 5.58. The fraction of sp³-hybridized carbons (Fsp3) is 0.250. The van der Waals surface area contributed by atoms with Crippen LogP contribution in [0.1, 0.15) is 28.3 Å². The monoisotopic (exact) mass is 280 g/mol. The summed E-state index contributed by atoms with van der Waals surface area (Å²) in [6.45, 7) is 0.714. The first-order chi connectivity index (χ1) is 10.2. The fourth-order valence-corrected chi connectivity index (χ4v) is 2.78. The highest BCUT2D eigenvalue weighted by Crippen LogP contribution is 2.33. The Morgan fingerprint density at radius 1 is 1.52 bits per heavy atom. The Kier molecular flexibility index (Phi) is 3.46. The summed E-state index contributed by atoms with van der Waals surface area (Å²) < 4.78 is 5.25. The molecule has 0 bridgehead atoms. The number of nitrogens with two attached hydrogens (primary N) is 1. The molecule has 3 N–H and O–H groups in total. The Morgan fingerprint density at radius 3 is 3.14 bits per heavy atom.